The van der Waals surface area contributed by atoms with Crippen LogP contribution in [0.1, 0.15) is 11.1 Å². The molecule has 0 aromatic heterocycles. The minimum atomic E-state index is 0.108. The van der Waals surface area contributed by atoms with E-state index >= 15 is 0 Å². The molecule has 2 aromatic carbocycles. The van der Waals surface area contributed by atoms with Crippen molar-refractivity contribution in [1.29, 1.82) is 0 Å². The summed E-state index contributed by atoms with van der Waals surface area (Å²) < 4.78 is 0. The Labute approximate surface area is 128 Å². The lowest BCUT2D eigenvalue weighted by Crippen LogP contribution is -2.31. The van der Waals surface area contributed by atoms with Crippen molar-refractivity contribution in [3.8, 4) is 0 Å². The van der Waals surface area contributed by atoms with E-state index in [1.54, 1.807) is 18.2 Å². The van der Waals surface area contributed by atoms with Crippen LogP contribution in [0, 0.1) is 0 Å². The Morgan fingerprint density at radius 1 is 1.14 bits per heavy atom. The van der Waals surface area contributed by atoms with E-state index in [0.717, 1.165) is 16.3 Å². The van der Waals surface area contributed by atoms with E-state index in [4.69, 9.17) is 27.4 Å². The number of hydrogen-bond acceptors (Lipinski definition) is 6. The van der Waals surface area contributed by atoms with Gasteiger partial charge in [0, 0.05) is 6.42 Å². The van der Waals surface area contributed by atoms with Gasteiger partial charge in [-0.3, -0.25) is 4.84 Å². The van der Waals surface area contributed by atoms with E-state index in [1.165, 1.54) is 0 Å². The highest BCUT2D eigenvalue weighted by molar-refractivity contribution is 5.82. The fourth-order valence-corrected chi connectivity index (χ4v) is 1.95. The fraction of sp³-hybridized carbons (Fsp3) is 0.133. The maximum absolute atomic E-state index is 8.57. The second-order valence-electron chi connectivity index (χ2n) is 4.75. The molecule has 2 rings (SSSR count). The lowest BCUT2D eigenvalue weighted by molar-refractivity contribution is 0.0951. The number of rotatable bonds is 6. The van der Waals surface area contributed by atoms with Gasteiger partial charge in [0.1, 0.15) is 18.1 Å². The first-order valence-electron chi connectivity index (χ1n) is 6.66. The molecule has 0 amide bonds. The number of benzene rings is 2. The quantitative estimate of drug-likeness (QED) is 0.160. The number of nitrogens with two attached hydrogens (primary N) is 3. The molecule has 0 atom stereocenters. The summed E-state index contributed by atoms with van der Waals surface area (Å²) in [7, 11) is 0. The zero-order chi connectivity index (χ0) is 15.9. The Kier molecular flexibility index (Phi) is 5.18. The predicted octanol–water partition coefficient (Wildman–Crippen LogP) is 1.37. The average Bonchev–Trinajstić information content (AvgIpc) is 2.53. The topological polar surface area (TPSA) is 123 Å². The van der Waals surface area contributed by atoms with Crippen LogP contribution in [0.4, 0.5) is 11.4 Å². The van der Waals surface area contributed by atoms with Gasteiger partial charge in [0.25, 0.3) is 0 Å². The Hall–Kier alpha value is -2.77. The van der Waals surface area contributed by atoms with Gasteiger partial charge >= 0.3 is 0 Å². The molecule has 116 valence electrons. The standard InChI is InChI=1S/C15H19N5O2/c16-13-8-12(9-15(17)19-21)6-7-14(13)20(18)22-10-11-4-2-1-3-5-11/h1-8,21H,9-10,16,18H2,(H2,17,19). The summed E-state index contributed by atoms with van der Waals surface area (Å²) in [5.41, 5.74) is 14.2. The molecule has 0 bridgehead atoms. The molecular formula is C15H19N5O2. The average molecular weight is 301 g/mol. The van der Waals surface area contributed by atoms with E-state index in [9.17, 15) is 0 Å². The largest absolute Gasteiger partial charge is 0.409 e. The number of oxime groups is 1. The fourth-order valence-electron chi connectivity index (χ4n) is 1.95. The van der Waals surface area contributed by atoms with Crippen molar-refractivity contribution in [2.75, 3.05) is 10.9 Å². The number of nitrogen functional groups attached to an aromatic ring is 1. The van der Waals surface area contributed by atoms with Gasteiger partial charge in [0.15, 0.2) is 0 Å². The Bertz CT molecular complexity index is 646. The number of hydrazine groups is 1. The van der Waals surface area contributed by atoms with Gasteiger partial charge in [0.2, 0.25) is 0 Å². The van der Waals surface area contributed by atoms with Crippen molar-refractivity contribution in [2.24, 2.45) is 16.7 Å². The second-order valence-corrected chi connectivity index (χ2v) is 4.75. The summed E-state index contributed by atoms with van der Waals surface area (Å²) in [6.07, 6.45) is 0.302. The highest BCUT2D eigenvalue weighted by Crippen LogP contribution is 2.23. The SMILES string of the molecule is N/C(Cc1ccc(N(N)OCc2ccccc2)c(N)c1)=N\O. The second kappa shape index (κ2) is 7.30. The lowest BCUT2D eigenvalue weighted by Gasteiger charge is -2.20. The number of anilines is 2. The molecule has 0 spiro atoms. The minimum absolute atomic E-state index is 0.108. The molecule has 22 heavy (non-hydrogen) atoms. The van der Waals surface area contributed by atoms with Gasteiger partial charge < -0.3 is 16.7 Å². The van der Waals surface area contributed by atoms with Crippen LogP contribution in [0.25, 0.3) is 0 Å². The number of nitrogens with zero attached hydrogens (tertiary/aromatic N) is 2. The van der Waals surface area contributed by atoms with E-state index in [1.807, 2.05) is 30.3 Å². The molecule has 7 nitrogen and oxygen atoms in total. The van der Waals surface area contributed by atoms with Crippen LogP contribution in [-0.2, 0) is 17.9 Å². The monoisotopic (exact) mass is 301 g/mol. The Morgan fingerprint density at radius 2 is 1.86 bits per heavy atom. The summed E-state index contributed by atoms with van der Waals surface area (Å²) in [5.74, 6) is 5.97. The van der Waals surface area contributed by atoms with Crippen LogP contribution in [0.5, 0.6) is 0 Å². The van der Waals surface area contributed by atoms with Crippen LogP contribution in [0.2, 0.25) is 0 Å². The van der Waals surface area contributed by atoms with Gasteiger partial charge in [-0.1, -0.05) is 41.6 Å². The molecule has 0 saturated heterocycles. The van der Waals surface area contributed by atoms with Gasteiger partial charge in [-0.15, -0.1) is 0 Å². The molecule has 0 fully saturated rings. The summed E-state index contributed by atoms with van der Waals surface area (Å²) in [4.78, 5) is 5.48. The molecule has 0 radical (unpaired) electrons. The predicted molar refractivity (Wildman–Crippen MR) is 85.9 cm³/mol. The highest BCUT2D eigenvalue weighted by Gasteiger charge is 2.09. The van der Waals surface area contributed by atoms with E-state index < -0.39 is 0 Å². The maximum atomic E-state index is 8.57. The van der Waals surface area contributed by atoms with E-state index in [0.29, 0.717) is 24.4 Å². The van der Waals surface area contributed by atoms with Gasteiger partial charge in [-0.25, -0.2) is 5.84 Å². The van der Waals surface area contributed by atoms with Crippen molar-refractivity contribution >= 4 is 17.2 Å². The highest BCUT2D eigenvalue weighted by atomic mass is 16.7. The van der Waals surface area contributed by atoms with Crippen molar-refractivity contribution in [1.82, 2.24) is 0 Å². The van der Waals surface area contributed by atoms with Crippen LogP contribution in [0.3, 0.4) is 0 Å². The minimum Gasteiger partial charge on any atom is -0.409 e. The molecule has 0 unspecified atom stereocenters. The summed E-state index contributed by atoms with van der Waals surface area (Å²) in [6.45, 7) is 0.336. The molecule has 0 saturated carbocycles. The molecular weight excluding hydrogens is 282 g/mol. The normalized spacial score (nSPS) is 11.4. The van der Waals surface area contributed by atoms with Crippen molar-refractivity contribution in [2.45, 2.75) is 13.0 Å². The third kappa shape index (κ3) is 4.11. The summed E-state index contributed by atoms with van der Waals surface area (Å²) in [5, 5.41) is 12.6. The van der Waals surface area contributed by atoms with Crippen LogP contribution < -0.4 is 22.5 Å². The molecule has 0 aliphatic rings. The first-order chi connectivity index (χ1) is 10.6. The van der Waals surface area contributed by atoms with Crippen LogP contribution >= 0.6 is 0 Å². The molecule has 7 N–H and O–H groups in total. The Morgan fingerprint density at radius 3 is 2.50 bits per heavy atom. The van der Waals surface area contributed by atoms with Crippen molar-refractivity contribution in [3.05, 3.63) is 59.7 Å². The number of hydrogen-bond donors (Lipinski definition) is 4. The molecule has 0 aliphatic heterocycles. The third-order valence-corrected chi connectivity index (χ3v) is 3.06. The smallest absolute Gasteiger partial charge is 0.143 e. The van der Waals surface area contributed by atoms with Crippen LogP contribution in [0.15, 0.2) is 53.7 Å². The van der Waals surface area contributed by atoms with Crippen molar-refractivity contribution < 1.29 is 10.0 Å². The lowest BCUT2D eigenvalue weighted by atomic mass is 10.1. The summed E-state index contributed by atoms with van der Waals surface area (Å²) in [6, 6.07) is 14.9. The third-order valence-electron chi connectivity index (χ3n) is 3.06. The maximum Gasteiger partial charge on any atom is 0.143 e. The van der Waals surface area contributed by atoms with Crippen molar-refractivity contribution in [3.63, 3.8) is 0 Å². The van der Waals surface area contributed by atoms with E-state index in [-0.39, 0.29) is 5.84 Å². The van der Waals surface area contributed by atoms with Gasteiger partial charge in [0.05, 0.1) is 5.69 Å². The molecule has 2 aromatic rings. The van der Waals surface area contributed by atoms with Crippen LogP contribution in [-0.4, -0.2) is 11.0 Å². The first-order valence-corrected chi connectivity index (χ1v) is 6.66. The molecule has 7 heteroatoms. The zero-order valence-electron chi connectivity index (χ0n) is 12.0. The Balaban J connectivity index is 2.02. The zero-order valence-corrected chi connectivity index (χ0v) is 12.0. The number of amidine groups is 1. The molecule has 0 heterocycles. The molecule has 0 aliphatic carbocycles. The van der Waals surface area contributed by atoms with Gasteiger partial charge in [-0.2, -0.15) is 5.17 Å². The van der Waals surface area contributed by atoms with Gasteiger partial charge in [-0.05, 0) is 23.3 Å². The summed E-state index contributed by atoms with van der Waals surface area (Å²) >= 11 is 0. The van der Waals surface area contributed by atoms with E-state index in [2.05, 4.69) is 5.16 Å². The first kappa shape index (κ1) is 15.6.